The number of carbonyl (C=O) groups is 2. The predicted molar refractivity (Wildman–Crippen MR) is 148 cm³/mol. The molecule has 0 saturated carbocycles. The minimum Gasteiger partial charge on any atom is -0.444 e. The van der Waals surface area contributed by atoms with Gasteiger partial charge < -0.3 is 24.6 Å². The fourth-order valence-electron chi connectivity index (χ4n) is 2.29. The summed E-state index contributed by atoms with van der Waals surface area (Å²) in [4.78, 5) is 25.0. The van der Waals surface area contributed by atoms with Crippen molar-refractivity contribution in [3.05, 3.63) is 24.3 Å². The summed E-state index contributed by atoms with van der Waals surface area (Å²) in [6.45, 7) is 27.1. The number of nitrogens with zero attached hydrogens (tertiary/aromatic N) is 1. The van der Waals surface area contributed by atoms with Gasteiger partial charge in [-0.25, -0.2) is 9.59 Å². The van der Waals surface area contributed by atoms with Crippen molar-refractivity contribution in [3.8, 4) is 0 Å². The monoisotopic (exact) mass is 554 g/mol. The molecule has 2 N–H and O–H groups in total. The van der Waals surface area contributed by atoms with Crippen LogP contribution in [0.3, 0.4) is 0 Å². The molecule has 8 nitrogen and oxygen atoms in total. The number of hydrogen-bond acceptors (Lipinski definition) is 6. The minimum absolute atomic E-state index is 0.119. The first kappa shape index (κ1) is 36.7. The maximum absolute atomic E-state index is 12.1. The molecule has 1 saturated heterocycles. The van der Waals surface area contributed by atoms with Crippen molar-refractivity contribution in [2.24, 2.45) is 0 Å². The molecule has 1 rings (SSSR count). The molecule has 10 heteroatoms. The Hall–Kier alpha value is -1.48. The van der Waals surface area contributed by atoms with E-state index in [-0.39, 0.29) is 18.2 Å². The first-order valence-electron chi connectivity index (χ1n) is 11.7. The van der Waals surface area contributed by atoms with E-state index in [2.05, 4.69) is 18.5 Å². The highest BCUT2D eigenvalue weighted by Crippen LogP contribution is 2.23. The Kier molecular flexibility index (Phi) is 16.0. The third kappa shape index (κ3) is 18.7. The van der Waals surface area contributed by atoms with Gasteiger partial charge >= 0.3 is 12.2 Å². The number of alkyl halides is 2. The number of carbonyl (C=O) groups excluding carboxylic acids is 2. The van der Waals surface area contributed by atoms with Crippen LogP contribution in [0.2, 0.25) is 0 Å². The average molecular weight is 556 g/mol. The quantitative estimate of drug-likeness (QED) is 0.332. The molecule has 0 radical (unpaired) electrons. The summed E-state index contributed by atoms with van der Waals surface area (Å²) in [6, 6.07) is 0. The van der Waals surface area contributed by atoms with E-state index >= 15 is 0 Å². The highest BCUT2D eigenvalue weighted by atomic mass is 35.5. The second-order valence-electron chi connectivity index (χ2n) is 11.8. The van der Waals surface area contributed by atoms with Crippen molar-refractivity contribution in [1.82, 2.24) is 10.2 Å². The Labute approximate surface area is 228 Å². The number of aliphatic hydroxyl groups excluding tert-OH is 1. The maximum atomic E-state index is 12.1. The molecule has 2 amide bonds. The number of allylic oxidation sites excluding steroid dienone is 1. The van der Waals surface area contributed by atoms with E-state index < -0.39 is 22.8 Å². The molecule has 1 aliphatic rings. The number of nitrogens with one attached hydrogen (secondary N) is 1. The van der Waals surface area contributed by atoms with E-state index in [1.165, 1.54) is 0 Å². The van der Waals surface area contributed by atoms with Crippen molar-refractivity contribution < 1.29 is 28.9 Å². The van der Waals surface area contributed by atoms with Gasteiger partial charge in [0.2, 0.25) is 0 Å². The van der Waals surface area contributed by atoms with Crippen LogP contribution in [0.1, 0.15) is 69.2 Å². The topological polar surface area (TPSA) is 97.3 Å². The van der Waals surface area contributed by atoms with Gasteiger partial charge in [-0.1, -0.05) is 13.2 Å². The van der Waals surface area contributed by atoms with Gasteiger partial charge in [-0.05, 0) is 80.4 Å². The number of ether oxygens (including phenoxy) is 3. The van der Waals surface area contributed by atoms with E-state index in [9.17, 15) is 9.59 Å². The summed E-state index contributed by atoms with van der Waals surface area (Å²) in [6.07, 6.45) is -0.819. The Balaban J connectivity index is 0. The van der Waals surface area contributed by atoms with Crippen molar-refractivity contribution in [2.75, 3.05) is 38.1 Å². The molecule has 36 heavy (non-hydrogen) atoms. The number of aliphatic hydroxyl groups is 1. The van der Waals surface area contributed by atoms with Crippen LogP contribution < -0.4 is 5.32 Å². The lowest BCUT2D eigenvalue weighted by Gasteiger charge is -2.37. The molecule has 0 bridgehead atoms. The lowest BCUT2D eigenvalue weighted by atomic mass is 10.0. The first-order chi connectivity index (χ1) is 16.1. The molecule has 212 valence electrons. The summed E-state index contributed by atoms with van der Waals surface area (Å²) in [7, 11) is 0. The van der Waals surface area contributed by atoms with Crippen LogP contribution in [0.5, 0.6) is 0 Å². The zero-order valence-electron chi connectivity index (χ0n) is 23.8. The molecular weight excluding hydrogens is 507 g/mol. The standard InChI is InChI=1S/C13H23NO3.C9H19NO3.C4H6Cl2/c1-10-7-14(11(15)17-12(2,3)4)13(5,6)9-16-8-10;1-8(2,3)13-7(12)10-9(4,5)6-11;1-4(2-5)3-6/h1,7-9H2,2-6H3;11H,6H2,1-5H3,(H,10,12);1-3H2. The van der Waals surface area contributed by atoms with Gasteiger partial charge in [0, 0.05) is 18.3 Å². The van der Waals surface area contributed by atoms with E-state index in [0.29, 0.717) is 31.5 Å². The van der Waals surface area contributed by atoms with Gasteiger partial charge in [-0.3, -0.25) is 4.90 Å². The van der Waals surface area contributed by atoms with Crippen LogP contribution in [0, 0.1) is 0 Å². The first-order valence-corrected chi connectivity index (χ1v) is 12.8. The van der Waals surface area contributed by atoms with Crippen LogP contribution in [0.25, 0.3) is 0 Å². The van der Waals surface area contributed by atoms with Gasteiger partial charge in [0.25, 0.3) is 0 Å². The number of halogens is 2. The molecular formula is C26H48Cl2N2O6. The van der Waals surface area contributed by atoms with Gasteiger partial charge in [-0.2, -0.15) is 0 Å². The molecule has 0 aromatic carbocycles. The minimum atomic E-state index is -0.637. The van der Waals surface area contributed by atoms with E-state index in [1.54, 1.807) is 39.5 Å². The van der Waals surface area contributed by atoms with E-state index in [0.717, 1.165) is 11.1 Å². The fraction of sp³-hybridized carbons (Fsp3) is 0.769. The third-order valence-corrected chi connectivity index (χ3v) is 4.86. The number of alkyl carbamates (subject to hydrolysis) is 1. The molecule has 0 unspecified atom stereocenters. The summed E-state index contributed by atoms with van der Waals surface area (Å²) in [5.41, 5.74) is -0.235. The number of amides is 2. The molecule has 1 aliphatic heterocycles. The van der Waals surface area contributed by atoms with E-state index in [1.807, 2.05) is 34.6 Å². The van der Waals surface area contributed by atoms with Gasteiger partial charge in [0.1, 0.15) is 11.2 Å². The second kappa shape index (κ2) is 15.7. The predicted octanol–water partition coefficient (Wildman–Crippen LogP) is 5.89. The SMILES string of the molecule is C=C(CCl)CCl.C=C1COCC(C)(C)N(C(=O)OC(C)(C)C)C1.CC(C)(CO)NC(=O)OC(C)(C)C. The molecule has 0 aromatic heterocycles. The number of hydrogen-bond donors (Lipinski definition) is 2. The molecule has 0 spiro atoms. The average Bonchev–Trinajstić information content (AvgIpc) is 2.82. The van der Waals surface area contributed by atoms with Gasteiger partial charge in [-0.15, -0.1) is 23.2 Å². The lowest BCUT2D eigenvalue weighted by molar-refractivity contribution is -0.00582. The van der Waals surface area contributed by atoms with Crippen molar-refractivity contribution in [1.29, 1.82) is 0 Å². The van der Waals surface area contributed by atoms with Gasteiger partial charge in [0.05, 0.1) is 30.9 Å². The lowest BCUT2D eigenvalue weighted by Crippen LogP contribution is -2.51. The molecule has 1 fully saturated rings. The summed E-state index contributed by atoms with van der Waals surface area (Å²) in [5, 5.41) is 11.4. The zero-order valence-corrected chi connectivity index (χ0v) is 25.4. The Morgan fingerprint density at radius 1 is 1.06 bits per heavy atom. The summed E-state index contributed by atoms with van der Waals surface area (Å²) in [5.74, 6) is 0.951. The summed E-state index contributed by atoms with van der Waals surface area (Å²) < 4.78 is 15.9. The van der Waals surface area contributed by atoms with Crippen molar-refractivity contribution in [2.45, 2.75) is 91.5 Å². The number of rotatable bonds is 4. The van der Waals surface area contributed by atoms with E-state index in [4.69, 9.17) is 42.5 Å². The Bertz CT molecular complexity index is 719. The van der Waals surface area contributed by atoms with Crippen LogP contribution >= 0.6 is 23.2 Å². The molecule has 0 atom stereocenters. The van der Waals surface area contributed by atoms with Crippen molar-refractivity contribution in [3.63, 3.8) is 0 Å². The molecule has 0 aromatic rings. The molecule has 0 aliphatic carbocycles. The molecule has 1 heterocycles. The highest BCUT2D eigenvalue weighted by molar-refractivity contribution is 6.23. The van der Waals surface area contributed by atoms with Crippen molar-refractivity contribution >= 4 is 35.4 Å². The fourth-order valence-corrected chi connectivity index (χ4v) is 2.58. The maximum Gasteiger partial charge on any atom is 0.411 e. The van der Waals surface area contributed by atoms with Gasteiger partial charge in [0.15, 0.2) is 0 Å². The highest BCUT2D eigenvalue weighted by Gasteiger charge is 2.36. The zero-order chi connectivity index (χ0) is 29.0. The normalized spacial score (nSPS) is 15.8. The smallest absolute Gasteiger partial charge is 0.411 e. The third-order valence-electron chi connectivity index (χ3n) is 4.10. The summed E-state index contributed by atoms with van der Waals surface area (Å²) >= 11 is 10.5. The largest absolute Gasteiger partial charge is 0.444 e. The Morgan fingerprint density at radius 2 is 1.53 bits per heavy atom. The van der Waals surface area contributed by atoms with Crippen LogP contribution in [-0.4, -0.2) is 82.6 Å². The second-order valence-corrected chi connectivity index (χ2v) is 12.3. The van der Waals surface area contributed by atoms with Crippen LogP contribution in [0.4, 0.5) is 9.59 Å². The van der Waals surface area contributed by atoms with Crippen LogP contribution in [0.15, 0.2) is 24.3 Å². The van der Waals surface area contributed by atoms with Crippen LogP contribution in [-0.2, 0) is 14.2 Å². The Morgan fingerprint density at radius 3 is 1.89 bits per heavy atom.